The van der Waals surface area contributed by atoms with Crippen molar-refractivity contribution in [2.75, 3.05) is 5.32 Å². The molecule has 0 bridgehead atoms. The molecule has 0 amide bonds. The van der Waals surface area contributed by atoms with Crippen LogP contribution in [-0.4, -0.2) is 6.04 Å². The Morgan fingerprint density at radius 1 is 1.29 bits per heavy atom. The standard InChI is InChI=1S/C13H18BrF2N/c1-3-4-5-6-9(2)17-13-11(14)7-10(15)8-12(13)16/h7-9,17H,3-6H2,1-2H3. The fourth-order valence-corrected chi connectivity index (χ4v) is 2.22. The van der Waals surface area contributed by atoms with Crippen LogP contribution in [0, 0.1) is 11.6 Å². The third-order valence-corrected chi connectivity index (χ3v) is 3.26. The van der Waals surface area contributed by atoms with Crippen LogP contribution in [0.15, 0.2) is 16.6 Å². The van der Waals surface area contributed by atoms with E-state index in [1.54, 1.807) is 0 Å². The molecule has 1 rings (SSSR count). The zero-order valence-corrected chi connectivity index (χ0v) is 11.8. The summed E-state index contributed by atoms with van der Waals surface area (Å²) in [5, 5.41) is 3.08. The second-order valence-corrected chi connectivity index (χ2v) is 5.14. The van der Waals surface area contributed by atoms with Crippen molar-refractivity contribution in [1.82, 2.24) is 0 Å². The Balaban J connectivity index is 2.61. The Morgan fingerprint density at radius 2 is 2.00 bits per heavy atom. The first-order valence-electron chi connectivity index (χ1n) is 5.95. The van der Waals surface area contributed by atoms with Gasteiger partial charge in [-0.3, -0.25) is 0 Å². The molecule has 0 radical (unpaired) electrons. The van der Waals surface area contributed by atoms with E-state index in [2.05, 4.69) is 28.2 Å². The van der Waals surface area contributed by atoms with Gasteiger partial charge in [0.25, 0.3) is 0 Å². The van der Waals surface area contributed by atoms with Crippen LogP contribution in [0.1, 0.15) is 39.5 Å². The number of anilines is 1. The minimum absolute atomic E-state index is 0.179. The molecule has 0 saturated heterocycles. The van der Waals surface area contributed by atoms with E-state index in [1.165, 1.54) is 18.9 Å². The van der Waals surface area contributed by atoms with Crippen molar-refractivity contribution in [3.05, 3.63) is 28.2 Å². The van der Waals surface area contributed by atoms with Crippen LogP contribution in [0.3, 0.4) is 0 Å². The molecule has 0 aliphatic carbocycles. The Labute approximate surface area is 110 Å². The Kier molecular flexibility index (Phi) is 5.89. The fourth-order valence-electron chi connectivity index (χ4n) is 1.70. The van der Waals surface area contributed by atoms with E-state index in [0.717, 1.165) is 18.9 Å². The van der Waals surface area contributed by atoms with E-state index in [4.69, 9.17) is 0 Å². The average Bonchev–Trinajstić information content (AvgIpc) is 2.24. The molecule has 0 aliphatic rings. The third-order valence-electron chi connectivity index (χ3n) is 2.64. The maximum absolute atomic E-state index is 13.5. The molecular formula is C13H18BrF2N. The van der Waals surface area contributed by atoms with E-state index in [-0.39, 0.29) is 6.04 Å². The number of hydrogen-bond donors (Lipinski definition) is 1. The molecule has 0 spiro atoms. The molecule has 0 aromatic heterocycles. The van der Waals surface area contributed by atoms with E-state index in [0.29, 0.717) is 10.2 Å². The number of nitrogens with one attached hydrogen (secondary N) is 1. The normalized spacial score (nSPS) is 12.5. The van der Waals surface area contributed by atoms with E-state index >= 15 is 0 Å². The highest BCUT2D eigenvalue weighted by Crippen LogP contribution is 2.27. The second-order valence-electron chi connectivity index (χ2n) is 4.29. The number of unbranched alkanes of at least 4 members (excludes halogenated alkanes) is 2. The number of halogens is 3. The molecule has 1 aromatic carbocycles. The maximum Gasteiger partial charge on any atom is 0.150 e. The Hall–Kier alpha value is -0.640. The first kappa shape index (κ1) is 14.4. The molecule has 4 heteroatoms. The van der Waals surface area contributed by atoms with Crippen molar-refractivity contribution in [2.24, 2.45) is 0 Å². The van der Waals surface area contributed by atoms with Crippen LogP contribution in [0.25, 0.3) is 0 Å². The second kappa shape index (κ2) is 6.94. The molecule has 1 aromatic rings. The molecule has 1 nitrogen and oxygen atoms in total. The average molecular weight is 306 g/mol. The minimum Gasteiger partial charge on any atom is -0.379 e. The van der Waals surface area contributed by atoms with Crippen LogP contribution >= 0.6 is 15.9 Å². The zero-order chi connectivity index (χ0) is 12.8. The quantitative estimate of drug-likeness (QED) is 0.720. The lowest BCUT2D eigenvalue weighted by Crippen LogP contribution is -2.16. The van der Waals surface area contributed by atoms with Crippen LogP contribution < -0.4 is 5.32 Å². The molecular weight excluding hydrogens is 288 g/mol. The lowest BCUT2D eigenvalue weighted by molar-refractivity contribution is 0.575. The predicted molar refractivity (Wildman–Crippen MR) is 71.3 cm³/mol. The Bertz CT molecular complexity index is 345. The summed E-state index contributed by atoms with van der Waals surface area (Å²) in [4.78, 5) is 0. The number of hydrogen-bond acceptors (Lipinski definition) is 1. The van der Waals surface area contributed by atoms with E-state index < -0.39 is 11.6 Å². The zero-order valence-electron chi connectivity index (χ0n) is 10.2. The molecule has 96 valence electrons. The van der Waals surface area contributed by atoms with Gasteiger partial charge in [-0.05, 0) is 35.3 Å². The monoisotopic (exact) mass is 305 g/mol. The molecule has 0 fully saturated rings. The highest BCUT2D eigenvalue weighted by atomic mass is 79.9. The third kappa shape index (κ3) is 4.62. The molecule has 1 N–H and O–H groups in total. The summed E-state index contributed by atoms with van der Waals surface area (Å²) >= 11 is 3.17. The van der Waals surface area contributed by atoms with Crippen molar-refractivity contribution < 1.29 is 8.78 Å². The summed E-state index contributed by atoms with van der Waals surface area (Å²) in [5.41, 5.74) is 0.343. The van der Waals surface area contributed by atoms with Crippen molar-refractivity contribution in [2.45, 2.75) is 45.6 Å². The highest BCUT2D eigenvalue weighted by molar-refractivity contribution is 9.10. The van der Waals surface area contributed by atoms with Crippen LogP contribution in [-0.2, 0) is 0 Å². The largest absolute Gasteiger partial charge is 0.379 e. The van der Waals surface area contributed by atoms with Crippen molar-refractivity contribution in [3.8, 4) is 0 Å². The molecule has 1 unspecified atom stereocenters. The highest BCUT2D eigenvalue weighted by Gasteiger charge is 2.11. The summed E-state index contributed by atoms with van der Waals surface area (Å²) in [6, 6.07) is 2.34. The van der Waals surface area contributed by atoms with Gasteiger partial charge in [0.1, 0.15) is 11.6 Å². The summed E-state index contributed by atoms with van der Waals surface area (Å²) < 4.78 is 26.9. The van der Waals surface area contributed by atoms with Crippen molar-refractivity contribution in [3.63, 3.8) is 0 Å². The van der Waals surface area contributed by atoms with Crippen LogP contribution in [0.4, 0.5) is 14.5 Å². The molecule has 0 heterocycles. The van der Waals surface area contributed by atoms with Gasteiger partial charge in [0, 0.05) is 16.6 Å². The number of benzene rings is 1. The molecule has 17 heavy (non-hydrogen) atoms. The van der Waals surface area contributed by atoms with Gasteiger partial charge in [-0.2, -0.15) is 0 Å². The van der Waals surface area contributed by atoms with Gasteiger partial charge >= 0.3 is 0 Å². The van der Waals surface area contributed by atoms with Gasteiger partial charge in [0.2, 0.25) is 0 Å². The maximum atomic E-state index is 13.5. The SMILES string of the molecule is CCCCCC(C)Nc1c(F)cc(F)cc1Br. The number of rotatable bonds is 6. The summed E-state index contributed by atoms with van der Waals surface area (Å²) in [5.74, 6) is -1.13. The summed E-state index contributed by atoms with van der Waals surface area (Å²) in [6.07, 6.45) is 4.45. The van der Waals surface area contributed by atoms with Crippen molar-refractivity contribution in [1.29, 1.82) is 0 Å². The van der Waals surface area contributed by atoms with Gasteiger partial charge in [-0.1, -0.05) is 26.2 Å². The van der Waals surface area contributed by atoms with Gasteiger partial charge in [-0.15, -0.1) is 0 Å². The lowest BCUT2D eigenvalue weighted by Gasteiger charge is -2.17. The lowest BCUT2D eigenvalue weighted by atomic mass is 10.1. The first-order chi connectivity index (χ1) is 8.04. The van der Waals surface area contributed by atoms with Crippen LogP contribution in [0.2, 0.25) is 0 Å². The van der Waals surface area contributed by atoms with Gasteiger partial charge < -0.3 is 5.32 Å². The first-order valence-corrected chi connectivity index (χ1v) is 6.75. The summed E-state index contributed by atoms with van der Waals surface area (Å²) in [6.45, 7) is 4.15. The smallest absolute Gasteiger partial charge is 0.150 e. The van der Waals surface area contributed by atoms with Gasteiger partial charge in [0.15, 0.2) is 0 Å². The van der Waals surface area contributed by atoms with E-state index in [9.17, 15) is 8.78 Å². The van der Waals surface area contributed by atoms with Crippen LogP contribution in [0.5, 0.6) is 0 Å². The fraction of sp³-hybridized carbons (Fsp3) is 0.538. The van der Waals surface area contributed by atoms with Crippen molar-refractivity contribution >= 4 is 21.6 Å². The predicted octanol–water partition coefficient (Wildman–Crippen LogP) is 5.11. The van der Waals surface area contributed by atoms with Gasteiger partial charge in [-0.25, -0.2) is 8.78 Å². The molecule has 0 saturated carbocycles. The minimum atomic E-state index is -0.571. The Morgan fingerprint density at radius 3 is 2.59 bits per heavy atom. The molecule has 0 aliphatic heterocycles. The topological polar surface area (TPSA) is 12.0 Å². The molecule has 1 atom stereocenters. The van der Waals surface area contributed by atoms with E-state index in [1.807, 2.05) is 6.92 Å². The summed E-state index contributed by atoms with van der Waals surface area (Å²) in [7, 11) is 0. The van der Waals surface area contributed by atoms with Gasteiger partial charge in [0.05, 0.1) is 5.69 Å².